The van der Waals surface area contributed by atoms with Gasteiger partial charge in [-0.05, 0) is 38.8 Å². The number of ketones is 2. The van der Waals surface area contributed by atoms with Crippen molar-refractivity contribution in [3.63, 3.8) is 0 Å². The van der Waals surface area contributed by atoms with Gasteiger partial charge in [-0.25, -0.2) is 4.39 Å². The van der Waals surface area contributed by atoms with E-state index in [4.69, 9.17) is 5.73 Å². The number of nitrogens with zero attached hydrogens (tertiary/aromatic N) is 1. The Morgan fingerprint density at radius 1 is 1.28 bits per heavy atom. The third kappa shape index (κ3) is 3.48. The van der Waals surface area contributed by atoms with Gasteiger partial charge in [-0.15, -0.1) is 0 Å². The highest BCUT2D eigenvalue weighted by molar-refractivity contribution is 6.24. The number of likely N-dealkylation sites (N-methyl/N-ethyl adjacent to an activating group) is 1. The van der Waals surface area contributed by atoms with E-state index in [0.717, 1.165) is 6.07 Å². The maximum Gasteiger partial charge on any atom is 0.255 e. The van der Waals surface area contributed by atoms with Crippen LogP contribution in [0.2, 0.25) is 0 Å². The fourth-order valence-electron chi connectivity index (χ4n) is 5.72. The number of anilines is 1. The molecule has 3 aliphatic carbocycles. The molecule has 4 atom stereocenters. The van der Waals surface area contributed by atoms with E-state index in [9.17, 15) is 34.8 Å². The predicted molar refractivity (Wildman–Crippen MR) is 127 cm³/mol. The van der Waals surface area contributed by atoms with Gasteiger partial charge in [0, 0.05) is 29.7 Å². The summed E-state index contributed by atoms with van der Waals surface area (Å²) in [5.41, 5.74) is 0.977. The molecule has 0 unspecified atom stereocenters. The molecule has 0 saturated carbocycles. The molecular formula is C25H30FN3O7. The van der Waals surface area contributed by atoms with Gasteiger partial charge in [0.1, 0.15) is 28.7 Å². The van der Waals surface area contributed by atoms with Crippen LogP contribution in [-0.4, -0.2) is 75.1 Å². The Morgan fingerprint density at radius 2 is 1.92 bits per heavy atom. The van der Waals surface area contributed by atoms with E-state index in [0.29, 0.717) is 6.54 Å². The van der Waals surface area contributed by atoms with E-state index < -0.39 is 69.6 Å². The van der Waals surface area contributed by atoms with Crippen molar-refractivity contribution in [3.8, 4) is 5.75 Å². The van der Waals surface area contributed by atoms with E-state index in [2.05, 4.69) is 5.32 Å². The monoisotopic (exact) mass is 503 g/mol. The van der Waals surface area contributed by atoms with Gasteiger partial charge in [0.2, 0.25) is 5.78 Å². The van der Waals surface area contributed by atoms with Crippen molar-refractivity contribution in [1.29, 1.82) is 0 Å². The largest absolute Gasteiger partial charge is 0.510 e. The molecule has 1 aromatic rings. The molecule has 0 fully saturated rings. The second-order valence-corrected chi connectivity index (χ2v) is 10.3. The highest BCUT2D eigenvalue weighted by Crippen LogP contribution is 2.53. The Balaban J connectivity index is 1.91. The Hall–Kier alpha value is -3.44. The number of Topliss-reactive ketones (excluding diaryl/α,β-unsaturated/α-hetero) is 2. The number of allylic oxidation sites excluding steroid dienone is 1. The van der Waals surface area contributed by atoms with Gasteiger partial charge < -0.3 is 31.5 Å². The van der Waals surface area contributed by atoms with E-state index in [-0.39, 0.29) is 41.1 Å². The molecule has 0 aliphatic heterocycles. The van der Waals surface area contributed by atoms with Gasteiger partial charge in [0.15, 0.2) is 11.4 Å². The molecule has 7 N–H and O–H groups in total. The number of carbonyl (C=O) groups is 3. The number of aliphatic hydroxyl groups is 3. The van der Waals surface area contributed by atoms with E-state index in [1.807, 2.05) is 13.8 Å². The molecule has 10 nitrogen and oxygen atoms in total. The number of nitrogens with one attached hydrogen (secondary N) is 1. The van der Waals surface area contributed by atoms with Crippen LogP contribution in [0.25, 0.3) is 0 Å². The minimum Gasteiger partial charge on any atom is -0.510 e. The summed E-state index contributed by atoms with van der Waals surface area (Å²) in [5.74, 6) is -8.22. The number of halogens is 1. The molecule has 0 bridgehead atoms. The van der Waals surface area contributed by atoms with Crippen molar-refractivity contribution < 1.29 is 39.2 Å². The highest BCUT2D eigenvalue weighted by Gasteiger charge is 2.63. The number of rotatable bonds is 5. The smallest absolute Gasteiger partial charge is 0.255 e. The van der Waals surface area contributed by atoms with Gasteiger partial charge >= 0.3 is 0 Å². The van der Waals surface area contributed by atoms with Crippen LogP contribution in [0.15, 0.2) is 28.7 Å². The van der Waals surface area contributed by atoms with Crippen molar-refractivity contribution in [3.05, 3.63) is 45.7 Å². The van der Waals surface area contributed by atoms with Crippen molar-refractivity contribution >= 4 is 23.2 Å². The maximum atomic E-state index is 15.2. The number of phenols is 1. The van der Waals surface area contributed by atoms with Gasteiger partial charge in [0.25, 0.3) is 5.91 Å². The second kappa shape index (κ2) is 8.59. The van der Waals surface area contributed by atoms with E-state index in [1.54, 1.807) is 0 Å². The Kier molecular flexibility index (Phi) is 6.12. The molecule has 0 aromatic heterocycles. The van der Waals surface area contributed by atoms with Gasteiger partial charge in [0.05, 0.1) is 17.3 Å². The minimum absolute atomic E-state index is 0.00419. The van der Waals surface area contributed by atoms with E-state index in [1.165, 1.54) is 19.0 Å². The first-order chi connectivity index (χ1) is 16.7. The number of amides is 1. The molecule has 1 amide bonds. The number of aliphatic hydroxyl groups excluding tert-OH is 2. The van der Waals surface area contributed by atoms with Crippen LogP contribution in [0.1, 0.15) is 36.2 Å². The zero-order valence-electron chi connectivity index (χ0n) is 20.4. The summed E-state index contributed by atoms with van der Waals surface area (Å²) < 4.78 is 15.2. The Morgan fingerprint density at radius 3 is 2.47 bits per heavy atom. The summed E-state index contributed by atoms with van der Waals surface area (Å²) in [5, 5.41) is 47.3. The Bertz CT molecular complexity index is 1250. The summed E-state index contributed by atoms with van der Waals surface area (Å²) in [6, 6.07) is 0.00846. The van der Waals surface area contributed by atoms with Crippen molar-refractivity contribution in [2.45, 2.75) is 38.3 Å². The van der Waals surface area contributed by atoms with Crippen LogP contribution in [0.5, 0.6) is 5.75 Å². The lowest BCUT2D eigenvalue weighted by Crippen LogP contribution is -2.63. The number of benzene rings is 1. The van der Waals surface area contributed by atoms with Gasteiger partial charge in [-0.1, -0.05) is 13.8 Å². The SMILES string of the molecule is CC(C)CNc1cc(F)c2c(c1O)C(=O)C1=C(O)[C@]3(O)C(=O)C(C(N)=O)=C(O)[C@@H](N(C)C)[C@@H]3C[C@@H]1C2. The van der Waals surface area contributed by atoms with Crippen LogP contribution in [0.3, 0.4) is 0 Å². The van der Waals surface area contributed by atoms with Gasteiger partial charge in [-0.3, -0.25) is 19.3 Å². The molecule has 0 heterocycles. The number of primary amides is 1. The lowest BCUT2D eigenvalue weighted by molar-refractivity contribution is -0.148. The third-order valence-corrected chi connectivity index (χ3v) is 7.37. The van der Waals surface area contributed by atoms with Crippen molar-refractivity contribution in [1.82, 2.24) is 4.90 Å². The standard InChI is InChI=1S/C25H30FN3O7/c1-9(2)8-28-14-7-13(26)11-5-10-6-12-18(29(3)4)21(32)17(24(27)35)23(34)25(12,36)22(33)15(10)20(31)16(11)19(14)30/h7,9-10,12,18,28,30,32-33,36H,5-6,8H2,1-4H3,(H2,27,35)/t10-,12-,18-,25-/m0/s1. The summed E-state index contributed by atoms with van der Waals surface area (Å²) in [4.78, 5) is 40.3. The van der Waals surface area contributed by atoms with Crippen LogP contribution >= 0.6 is 0 Å². The molecule has 1 aromatic carbocycles. The molecule has 4 rings (SSSR count). The first-order valence-corrected chi connectivity index (χ1v) is 11.7. The first kappa shape index (κ1) is 25.6. The average Bonchev–Trinajstić information content (AvgIpc) is 2.77. The fourth-order valence-corrected chi connectivity index (χ4v) is 5.72. The summed E-state index contributed by atoms with van der Waals surface area (Å²) in [7, 11) is 3.08. The number of fused-ring (bicyclic) bond motifs is 3. The van der Waals surface area contributed by atoms with Crippen LogP contribution < -0.4 is 11.1 Å². The molecule has 0 saturated heterocycles. The molecule has 0 spiro atoms. The number of hydrogen-bond acceptors (Lipinski definition) is 9. The quantitative estimate of drug-likeness (QED) is 0.256. The number of phenolic OH excluding ortho intramolecular Hbond substituents is 1. The third-order valence-electron chi connectivity index (χ3n) is 7.37. The molecule has 3 aliphatic rings. The Labute approximate surface area is 206 Å². The summed E-state index contributed by atoms with van der Waals surface area (Å²) in [6.07, 6.45) is -0.197. The zero-order valence-corrected chi connectivity index (χ0v) is 20.4. The maximum absolute atomic E-state index is 15.2. The van der Waals surface area contributed by atoms with Crippen LogP contribution in [-0.2, 0) is 16.0 Å². The van der Waals surface area contributed by atoms with Crippen molar-refractivity contribution in [2.75, 3.05) is 26.0 Å². The minimum atomic E-state index is -2.73. The number of nitrogens with two attached hydrogens (primary N) is 1. The number of aromatic hydroxyl groups is 1. The van der Waals surface area contributed by atoms with Crippen LogP contribution in [0.4, 0.5) is 10.1 Å². The number of carbonyl (C=O) groups excluding carboxylic acids is 3. The van der Waals surface area contributed by atoms with Gasteiger partial charge in [-0.2, -0.15) is 0 Å². The fraction of sp³-hybridized carbons (Fsp3) is 0.480. The number of hydrogen-bond donors (Lipinski definition) is 6. The molecule has 0 radical (unpaired) electrons. The zero-order chi connectivity index (χ0) is 26.9. The summed E-state index contributed by atoms with van der Waals surface area (Å²) >= 11 is 0. The second-order valence-electron chi connectivity index (χ2n) is 10.3. The topological polar surface area (TPSA) is 173 Å². The highest BCUT2D eigenvalue weighted by atomic mass is 19.1. The first-order valence-electron chi connectivity index (χ1n) is 11.7. The van der Waals surface area contributed by atoms with Crippen LogP contribution in [0, 0.1) is 23.6 Å². The molecule has 11 heteroatoms. The average molecular weight is 504 g/mol. The lowest BCUT2D eigenvalue weighted by Gasteiger charge is -2.50. The lowest BCUT2D eigenvalue weighted by atomic mass is 9.58. The normalized spacial score (nSPS) is 27.8. The van der Waals surface area contributed by atoms with Crippen molar-refractivity contribution in [2.24, 2.45) is 23.5 Å². The summed E-state index contributed by atoms with van der Waals surface area (Å²) in [6.45, 7) is 4.21. The predicted octanol–water partition coefficient (Wildman–Crippen LogP) is 1.33. The molecular weight excluding hydrogens is 473 g/mol. The van der Waals surface area contributed by atoms with E-state index >= 15 is 4.39 Å². The molecule has 36 heavy (non-hydrogen) atoms. The molecule has 194 valence electrons.